The summed E-state index contributed by atoms with van der Waals surface area (Å²) in [5.41, 5.74) is 0. The van der Waals surface area contributed by atoms with Crippen LogP contribution in [0.1, 0.15) is 98.3 Å². The summed E-state index contributed by atoms with van der Waals surface area (Å²) in [5, 5.41) is 0. The van der Waals surface area contributed by atoms with E-state index < -0.39 is 0 Å². The van der Waals surface area contributed by atoms with E-state index in [9.17, 15) is 0 Å². The van der Waals surface area contributed by atoms with Crippen LogP contribution in [0.25, 0.3) is 0 Å². The maximum Gasteiger partial charge on any atom is -0.0360 e. The molecule has 0 nitrogen and oxygen atoms in total. The first-order chi connectivity index (χ1) is 9.22. The SMILES string of the molecule is CCCCC(CCC)CC(CC)C1CCCCC1C. The average molecular weight is 267 g/mol. The van der Waals surface area contributed by atoms with Crippen molar-refractivity contribution in [1.29, 1.82) is 0 Å². The third-order valence-corrected chi connectivity index (χ3v) is 5.61. The Morgan fingerprint density at radius 2 is 1.68 bits per heavy atom. The molecular weight excluding hydrogens is 228 g/mol. The molecule has 4 atom stereocenters. The molecule has 0 amide bonds. The molecule has 1 saturated carbocycles. The first-order valence-electron chi connectivity index (χ1n) is 9.22. The maximum absolute atomic E-state index is 2.52. The smallest absolute Gasteiger partial charge is 0.0360 e. The third-order valence-electron chi connectivity index (χ3n) is 5.61. The van der Waals surface area contributed by atoms with Gasteiger partial charge in [-0.2, -0.15) is 0 Å². The maximum atomic E-state index is 2.52. The summed E-state index contributed by atoms with van der Waals surface area (Å²) in [6.45, 7) is 9.66. The van der Waals surface area contributed by atoms with Crippen LogP contribution in [0, 0.1) is 23.7 Å². The second-order valence-electron chi connectivity index (χ2n) is 7.13. The van der Waals surface area contributed by atoms with E-state index in [0.717, 1.165) is 23.7 Å². The highest BCUT2D eigenvalue weighted by molar-refractivity contribution is 4.80. The van der Waals surface area contributed by atoms with E-state index in [0.29, 0.717) is 0 Å². The molecular formula is C19H38. The Kier molecular flexibility index (Phi) is 8.83. The zero-order valence-electron chi connectivity index (χ0n) is 14.1. The molecule has 0 heteroatoms. The van der Waals surface area contributed by atoms with Crippen molar-refractivity contribution in [3.05, 3.63) is 0 Å². The van der Waals surface area contributed by atoms with Crippen molar-refractivity contribution in [1.82, 2.24) is 0 Å². The molecule has 0 saturated heterocycles. The number of hydrogen-bond acceptors (Lipinski definition) is 0. The van der Waals surface area contributed by atoms with Crippen LogP contribution < -0.4 is 0 Å². The quantitative estimate of drug-likeness (QED) is 0.429. The lowest BCUT2D eigenvalue weighted by Gasteiger charge is -2.37. The van der Waals surface area contributed by atoms with E-state index in [1.54, 1.807) is 0 Å². The van der Waals surface area contributed by atoms with E-state index >= 15 is 0 Å². The molecule has 0 aromatic heterocycles. The standard InChI is InChI=1S/C19H38/c1-5-8-13-17(11-6-2)15-18(7-3)19-14-10-9-12-16(19)4/h16-19H,5-15H2,1-4H3. The number of rotatable bonds is 9. The van der Waals surface area contributed by atoms with Gasteiger partial charge >= 0.3 is 0 Å². The van der Waals surface area contributed by atoms with Gasteiger partial charge < -0.3 is 0 Å². The van der Waals surface area contributed by atoms with Gasteiger partial charge in [0.2, 0.25) is 0 Å². The van der Waals surface area contributed by atoms with Gasteiger partial charge in [-0.3, -0.25) is 0 Å². The van der Waals surface area contributed by atoms with Crippen molar-refractivity contribution in [2.24, 2.45) is 23.7 Å². The van der Waals surface area contributed by atoms with Crippen LogP contribution in [-0.4, -0.2) is 0 Å². The van der Waals surface area contributed by atoms with E-state index in [1.807, 2.05) is 0 Å². The van der Waals surface area contributed by atoms with Crippen molar-refractivity contribution in [2.75, 3.05) is 0 Å². The summed E-state index contributed by atoms with van der Waals surface area (Å²) in [6, 6.07) is 0. The topological polar surface area (TPSA) is 0 Å². The summed E-state index contributed by atoms with van der Waals surface area (Å²) in [4.78, 5) is 0. The van der Waals surface area contributed by atoms with Crippen LogP contribution in [0.15, 0.2) is 0 Å². The molecule has 1 rings (SSSR count). The van der Waals surface area contributed by atoms with Gasteiger partial charge in [0.05, 0.1) is 0 Å². The van der Waals surface area contributed by atoms with Gasteiger partial charge in [-0.15, -0.1) is 0 Å². The fourth-order valence-electron chi connectivity index (χ4n) is 4.40. The average Bonchev–Trinajstić information content (AvgIpc) is 2.43. The Hall–Kier alpha value is 0. The predicted molar refractivity (Wildman–Crippen MR) is 87.4 cm³/mol. The van der Waals surface area contributed by atoms with Gasteiger partial charge in [-0.05, 0) is 36.5 Å². The zero-order valence-corrected chi connectivity index (χ0v) is 14.1. The van der Waals surface area contributed by atoms with Crippen LogP contribution in [0.2, 0.25) is 0 Å². The molecule has 4 unspecified atom stereocenters. The molecule has 114 valence electrons. The number of hydrogen-bond donors (Lipinski definition) is 0. The highest BCUT2D eigenvalue weighted by atomic mass is 14.3. The Balaban J connectivity index is 2.51. The highest BCUT2D eigenvalue weighted by Gasteiger charge is 2.29. The van der Waals surface area contributed by atoms with E-state index in [4.69, 9.17) is 0 Å². The normalized spacial score (nSPS) is 27.2. The van der Waals surface area contributed by atoms with Gasteiger partial charge in [0.25, 0.3) is 0 Å². The highest BCUT2D eigenvalue weighted by Crippen LogP contribution is 2.40. The Bertz CT molecular complexity index is 208. The molecule has 0 aliphatic heterocycles. The largest absolute Gasteiger partial charge is 0.0654 e. The Morgan fingerprint density at radius 3 is 2.26 bits per heavy atom. The van der Waals surface area contributed by atoms with Crippen molar-refractivity contribution in [3.8, 4) is 0 Å². The van der Waals surface area contributed by atoms with Crippen LogP contribution in [0.5, 0.6) is 0 Å². The molecule has 1 aliphatic carbocycles. The summed E-state index contributed by atoms with van der Waals surface area (Å²) in [7, 11) is 0. The first kappa shape index (κ1) is 17.1. The first-order valence-corrected chi connectivity index (χ1v) is 9.22. The fraction of sp³-hybridized carbons (Fsp3) is 1.00. The molecule has 0 aromatic rings. The second-order valence-corrected chi connectivity index (χ2v) is 7.13. The Labute approximate surface area is 122 Å². The summed E-state index contributed by atoms with van der Waals surface area (Å²) >= 11 is 0. The second kappa shape index (κ2) is 9.83. The lowest BCUT2D eigenvalue weighted by Crippen LogP contribution is -2.26. The molecule has 19 heavy (non-hydrogen) atoms. The molecule has 1 aliphatic rings. The molecule has 0 N–H and O–H groups in total. The Morgan fingerprint density at radius 1 is 0.947 bits per heavy atom. The van der Waals surface area contributed by atoms with Crippen molar-refractivity contribution in [2.45, 2.75) is 98.3 Å². The van der Waals surface area contributed by atoms with Gasteiger partial charge in [-0.1, -0.05) is 85.5 Å². The van der Waals surface area contributed by atoms with E-state index in [2.05, 4.69) is 27.7 Å². The van der Waals surface area contributed by atoms with Crippen LogP contribution in [0.3, 0.4) is 0 Å². The van der Waals surface area contributed by atoms with Crippen LogP contribution >= 0.6 is 0 Å². The van der Waals surface area contributed by atoms with Gasteiger partial charge in [0.15, 0.2) is 0 Å². The fourth-order valence-corrected chi connectivity index (χ4v) is 4.40. The van der Waals surface area contributed by atoms with Crippen LogP contribution in [0.4, 0.5) is 0 Å². The van der Waals surface area contributed by atoms with Gasteiger partial charge in [0, 0.05) is 0 Å². The molecule has 1 fully saturated rings. The van der Waals surface area contributed by atoms with E-state index in [-0.39, 0.29) is 0 Å². The van der Waals surface area contributed by atoms with E-state index in [1.165, 1.54) is 70.6 Å². The monoisotopic (exact) mass is 266 g/mol. The lowest BCUT2D eigenvalue weighted by molar-refractivity contribution is 0.141. The van der Waals surface area contributed by atoms with Crippen molar-refractivity contribution in [3.63, 3.8) is 0 Å². The molecule has 0 spiro atoms. The minimum Gasteiger partial charge on any atom is -0.0654 e. The third kappa shape index (κ3) is 5.88. The van der Waals surface area contributed by atoms with Crippen molar-refractivity contribution >= 4 is 0 Å². The minimum atomic E-state index is 0.993. The van der Waals surface area contributed by atoms with Crippen LogP contribution in [-0.2, 0) is 0 Å². The van der Waals surface area contributed by atoms with Gasteiger partial charge in [-0.25, -0.2) is 0 Å². The summed E-state index contributed by atoms with van der Waals surface area (Å²) in [6.07, 6.45) is 16.1. The number of unbranched alkanes of at least 4 members (excludes halogenated alkanes) is 1. The van der Waals surface area contributed by atoms with Gasteiger partial charge in [0.1, 0.15) is 0 Å². The summed E-state index contributed by atoms with van der Waals surface area (Å²) < 4.78 is 0. The molecule has 0 radical (unpaired) electrons. The minimum absolute atomic E-state index is 0.993. The molecule has 0 heterocycles. The predicted octanol–water partition coefficient (Wildman–Crippen LogP) is 6.84. The zero-order chi connectivity index (χ0) is 14.1. The summed E-state index contributed by atoms with van der Waals surface area (Å²) in [5.74, 6) is 4.07. The molecule has 0 bridgehead atoms. The van der Waals surface area contributed by atoms with Crippen molar-refractivity contribution < 1.29 is 0 Å². The lowest BCUT2D eigenvalue weighted by atomic mass is 9.69. The molecule has 0 aromatic carbocycles.